The van der Waals surface area contributed by atoms with Crippen molar-refractivity contribution in [2.24, 2.45) is 0 Å². The maximum absolute atomic E-state index is 8.92. The molecule has 1 aromatic rings. The molecule has 74 valence electrons. The summed E-state index contributed by atoms with van der Waals surface area (Å²) in [6.45, 7) is 0.699. The Labute approximate surface area is 77.8 Å². The van der Waals surface area contributed by atoms with E-state index in [1.54, 1.807) is 0 Å². The average molecular weight is 184 g/mol. The molecule has 0 aliphatic rings. The highest BCUT2D eigenvalue weighted by atomic mass is 16.3. The van der Waals surface area contributed by atoms with E-state index in [1.807, 2.05) is 30.4 Å². The first kappa shape index (κ1) is 10.2. The van der Waals surface area contributed by atoms with Crippen LogP contribution in [0.25, 0.3) is 0 Å². The topological polar surface area (TPSA) is 59.5 Å². The van der Waals surface area contributed by atoms with Crippen molar-refractivity contribution >= 4 is 0 Å². The largest absolute Gasteiger partial charge is 0.395 e. The number of likely N-dealkylation sites (N-methyl/N-ethyl adjacent to an activating group) is 1. The first-order chi connectivity index (χ1) is 6.27. The lowest BCUT2D eigenvalue weighted by atomic mass is 10.2. The van der Waals surface area contributed by atoms with Gasteiger partial charge in [-0.3, -0.25) is 4.90 Å². The molecule has 0 saturated heterocycles. The molecule has 0 spiro atoms. The number of aliphatic hydroxyl groups is 2. The fraction of sp³-hybridized carbons (Fsp3) is 0.556. The number of hydrogen-bond acceptors (Lipinski definition) is 3. The van der Waals surface area contributed by atoms with E-state index < -0.39 is 0 Å². The van der Waals surface area contributed by atoms with Gasteiger partial charge >= 0.3 is 0 Å². The number of nitrogens with zero attached hydrogens (tertiary/aromatic N) is 1. The van der Waals surface area contributed by atoms with Gasteiger partial charge in [-0.15, -0.1) is 0 Å². The highest BCUT2D eigenvalue weighted by Crippen LogP contribution is 2.04. The Bertz CT molecular complexity index is 220. The lowest BCUT2D eigenvalue weighted by Crippen LogP contribution is -2.37. The van der Waals surface area contributed by atoms with Crippen molar-refractivity contribution in [1.82, 2.24) is 9.88 Å². The first-order valence-corrected chi connectivity index (χ1v) is 4.31. The van der Waals surface area contributed by atoms with Gasteiger partial charge in [-0.05, 0) is 18.7 Å². The molecule has 0 amide bonds. The molecule has 0 atom stereocenters. The van der Waals surface area contributed by atoms with E-state index in [-0.39, 0.29) is 19.3 Å². The Morgan fingerprint density at radius 2 is 2.15 bits per heavy atom. The third-order valence-electron chi connectivity index (χ3n) is 2.14. The van der Waals surface area contributed by atoms with Crippen LogP contribution in [-0.2, 0) is 6.54 Å². The average Bonchev–Trinajstić information content (AvgIpc) is 2.59. The van der Waals surface area contributed by atoms with Gasteiger partial charge in [0.05, 0.1) is 19.3 Å². The molecule has 0 aliphatic heterocycles. The molecule has 0 radical (unpaired) electrons. The molecule has 0 bridgehead atoms. The third kappa shape index (κ3) is 2.84. The summed E-state index contributed by atoms with van der Waals surface area (Å²) in [6.07, 6.45) is 3.76. The highest BCUT2D eigenvalue weighted by molar-refractivity contribution is 5.07. The summed E-state index contributed by atoms with van der Waals surface area (Å²) in [5, 5.41) is 17.8. The van der Waals surface area contributed by atoms with Crippen LogP contribution < -0.4 is 0 Å². The van der Waals surface area contributed by atoms with Crippen LogP contribution in [0.4, 0.5) is 0 Å². The molecule has 0 fully saturated rings. The monoisotopic (exact) mass is 184 g/mol. The third-order valence-corrected chi connectivity index (χ3v) is 2.14. The van der Waals surface area contributed by atoms with Gasteiger partial charge in [0, 0.05) is 18.9 Å². The zero-order chi connectivity index (χ0) is 9.68. The molecule has 1 rings (SSSR count). The minimum atomic E-state index is -0.171. The van der Waals surface area contributed by atoms with E-state index >= 15 is 0 Å². The van der Waals surface area contributed by atoms with Crippen molar-refractivity contribution in [2.75, 3.05) is 20.3 Å². The predicted octanol–water partition coefficient (Wildman–Crippen LogP) is -0.200. The number of rotatable bonds is 5. The van der Waals surface area contributed by atoms with Crippen LogP contribution in [0.3, 0.4) is 0 Å². The Morgan fingerprint density at radius 1 is 1.46 bits per heavy atom. The second kappa shape index (κ2) is 5.01. The standard InChI is InChI=1S/C9H16N2O2/c1-11(9(6-12)7-13)5-8-2-3-10-4-8/h2-4,9-10,12-13H,5-7H2,1H3. The van der Waals surface area contributed by atoms with E-state index in [0.29, 0.717) is 0 Å². The Hall–Kier alpha value is -0.840. The Morgan fingerprint density at radius 3 is 2.62 bits per heavy atom. The van der Waals surface area contributed by atoms with E-state index in [4.69, 9.17) is 10.2 Å². The number of nitrogens with one attached hydrogen (secondary N) is 1. The quantitative estimate of drug-likeness (QED) is 0.594. The fourth-order valence-corrected chi connectivity index (χ4v) is 1.21. The number of aromatic amines is 1. The first-order valence-electron chi connectivity index (χ1n) is 4.31. The van der Waals surface area contributed by atoms with Gasteiger partial charge in [-0.2, -0.15) is 0 Å². The van der Waals surface area contributed by atoms with Crippen LogP contribution in [0, 0.1) is 0 Å². The maximum Gasteiger partial charge on any atom is 0.0609 e. The van der Waals surface area contributed by atoms with Crippen molar-refractivity contribution in [3.63, 3.8) is 0 Å². The van der Waals surface area contributed by atoms with Crippen LogP contribution in [0.2, 0.25) is 0 Å². The van der Waals surface area contributed by atoms with E-state index in [9.17, 15) is 0 Å². The molecule has 3 N–H and O–H groups in total. The zero-order valence-corrected chi connectivity index (χ0v) is 7.77. The molecule has 0 aromatic carbocycles. The van der Waals surface area contributed by atoms with Gasteiger partial charge in [0.2, 0.25) is 0 Å². The molecular weight excluding hydrogens is 168 g/mol. The highest BCUT2D eigenvalue weighted by Gasteiger charge is 2.12. The van der Waals surface area contributed by atoms with Crippen molar-refractivity contribution in [1.29, 1.82) is 0 Å². The number of aromatic nitrogens is 1. The molecule has 0 aliphatic carbocycles. The molecule has 0 unspecified atom stereocenters. The second-order valence-corrected chi connectivity index (χ2v) is 3.15. The van der Waals surface area contributed by atoms with Gasteiger partial charge in [-0.1, -0.05) is 0 Å². The molecule has 1 heterocycles. The summed E-state index contributed by atoms with van der Waals surface area (Å²) in [7, 11) is 1.88. The van der Waals surface area contributed by atoms with E-state index in [2.05, 4.69) is 4.98 Å². The predicted molar refractivity (Wildman–Crippen MR) is 50.2 cm³/mol. The minimum Gasteiger partial charge on any atom is -0.395 e. The van der Waals surface area contributed by atoms with Crippen LogP contribution in [0.5, 0.6) is 0 Å². The number of H-pyrrole nitrogens is 1. The molecule has 13 heavy (non-hydrogen) atoms. The van der Waals surface area contributed by atoms with Crippen LogP contribution in [-0.4, -0.2) is 46.4 Å². The SMILES string of the molecule is CN(Cc1cc[nH]c1)C(CO)CO. The van der Waals surface area contributed by atoms with Crippen molar-refractivity contribution < 1.29 is 10.2 Å². The van der Waals surface area contributed by atoms with Gasteiger partial charge in [-0.25, -0.2) is 0 Å². The lowest BCUT2D eigenvalue weighted by molar-refractivity contribution is 0.0874. The summed E-state index contributed by atoms with van der Waals surface area (Å²) < 4.78 is 0. The Balaban J connectivity index is 2.44. The summed E-state index contributed by atoms with van der Waals surface area (Å²) in [6, 6.07) is 1.80. The normalized spacial score (nSPS) is 11.5. The summed E-state index contributed by atoms with van der Waals surface area (Å²) in [4.78, 5) is 4.88. The van der Waals surface area contributed by atoms with Crippen molar-refractivity contribution in [3.8, 4) is 0 Å². The van der Waals surface area contributed by atoms with Crippen LogP contribution in [0.1, 0.15) is 5.56 Å². The van der Waals surface area contributed by atoms with Crippen molar-refractivity contribution in [3.05, 3.63) is 24.0 Å². The summed E-state index contributed by atoms with van der Waals surface area (Å²) in [5.74, 6) is 0. The van der Waals surface area contributed by atoms with E-state index in [1.165, 1.54) is 0 Å². The number of aliphatic hydroxyl groups excluding tert-OH is 2. The van der Waals surface area contributed by atoms with E-state index in [0.717, 1.165) is 12.1 Å². The Kier molecular flexibility index (Phi) is 3.95. The number of hydrogen-bond donors (Lipinski definition) is 3. The molecule has 1 aromatic heterocycles. The van der Waals surface area contributed by atoms with Gasteiger partial charge in [0.15, 0.2) is 0 Å². The maximum atomic E-state index is 8.92. The molecule has 4 heteroatoms. The summed E-state index contributed by atoms with van der Waals surface area (Å²) >= 11 is 0. The van der Waals surface area contributed by atoms with Crippen LogP contribution in [0.15, 0.2) is 18.5 Å². The zero-order valence-electron chi connectivity index (χ0n) is 7.77. The molecule has 4 nitrogen and oxygen atoms in total. The second-order valence-electron chi connectivity index (χ2n) is 3.15. The van der Waals surface area contributed by atoms with Gasteiger partial charge in [0.25, 0.3) is 0 Å². The minimum absolute atomic E-state index is 0.0164. The van der Waals surface area contributed by atoms with Crippen LogP contribution >= 0.6 is 0 Å². The van der Waals surface area contributed by atoms with Gasteiger partial charge < -0.3 is 15.2 Å². The molecule has 0 saturated carbocycles. The van der Waals surface area contributed by atoms with Crippen molar-refractivity contribution in [2.45, 2.75) is 12.6 Å². The lowest BCUT2D eigenvalue weighted by Gasteiger charge is -2.23. The molecular formula is C9H16N2O2. The smallest absolute Gasteiger partial charge is 0.0609 e. The fourth-order valence-electron chi connectivity index (χ4n) is 1.21. The van der Waals surface area contributed by atoms with Gasteiger partial charge in [0.1, 0.15) is 0 Å². The summed E-state index contributed by atoms with van der Waals surface area (Å²) in [5.41, 5.74) is 1.15.